The zero-order valence-corrected chi connectivity index (χ0v) is 19.5. The van der Waals surface area contributed by atoms with Gasteiger partial charge in [0, 0.05) is 45.2 Å². The summed E-state index contributed by atoms with van der Waals surface area (Å²) >= 11 is 0. The van der Waals surface area contributed by atoms with Crippen LogP contribution in [-0.4, -0.2) is 40.6 Å². The number of ketones is 2. The number of carbonyl (C=O) groups is 3. The van der Waals surface area contributed by atoms with Gasteiger partial charge in [0.25, 0.3) is 0 Å². The van der Waals surface area contributed by atoms with Crippen LogP contribution in [0.4, 0.5) is 0 Å². The molecule has 1 N–H and O–H groups in total. The fraction of sp³-hybridized carbons (Fsp3) is 0.654. The number of hydrogen-bond donors (Lipinski definition) is 1. The highest BCUT2D eigenvalue weighted by Crippen LogP contribution is 2.12. The van der Waals surface area contributed by atoms with Gasteiger partial charge >= 0.3 is 0 Å². The van der Waals surface area contributed by atoms with Crippen LogP contribution < -0.4 is 0 Å². The Kier molecular flexibility index (Phi) is 14.3. The van der Waals surface area contributed by atoms with E-state index >= 15 is 0 Å². The third-order valence-corrected chi connectivity index (χ3v) is 5.51. The van der Waals surface area contributed by atoms with Gasteiger partial charge in [-0.3, -0.25) is 14.4 Å². The van der Waals surface area contributed by atoms with E-state index in [1.54, 1.807) is 24.3 Å². The number of unbranched alkanes of at least 4 members (excludes halogenated alkanes) is 5. The fourth-order valence-electron chi connectivity index (χ4n) is 3.60. The number of hydrogen-bond acceptors (Lipinski definition) is 4. The van der Waals surface area contributed by atoms with Gasteiger partial charge in [-0.05, 0) is 43.4 Å². The summed E-state index contributed by atoms with van der Waals surface area (Å²) in [6.45, 7) is 5.28. The Hall–Kier alpha value is -2.17. The maximum absolute atomic E-state index is 12.6. The van der Waals surface area contributed by atoms with Crippen molar-refractivity contribution in [1.82, 2.24) is 4.90 Å². The smallest absolute Gasteiger partial charge is 0.222 e. The standard InChI is InChI=1S/C26H41NO4/c1-3-5-13-26(31)27(19-10-8-6-7-9-12-23(28)11-4-2)20-18-25(30)21-22-14-16-24(29)17-15-22/h14-17,29H,3-13,18-21H2,1-2H3. The SMILES string of the molecule is CCCCC(=O)N(CCCCCCCC(=O)CCC)CCC(=O)Cc1ccc(O)cc1. The minimum Gasteiger partial charge on any atom is -0.508 e. The Labute approximate surface area is 188 Å². The van der Waals surface area contributed by atoms with Gasteiger partial charge in [0.1, 0.15) is 17.3 Å². The number of benzene rings is 1. The summed E-state index contributed by atoms with van der Waals surface area (Å²) in [6.07, 6.45) is 10.5. The monoisotopic (exact) mass is 431 g/mol. The van der Waals surface area contributed by atoms with Gasteiger partial charge in [-0.25, -0.2) is 0 Å². The van der Waals surface area contributed by atoms with E-state index in [0.29, 0.717) is 51.0 Å². The molecule has 0 aromatic heterocycles. The second kappa shape index (κ2) is 16.5. The van der Waals surface area contributed by atoms with Gasteiger partial charge in [-0.1, -0.05) is 51.7 Å². The van der Waals surface area contributed by atoms with Crippen LogP contribution in [0.1, 0.15) is 96.5 Å². The Bertz CT molecular complexity index is 654. The van der Waals surface area contributed by atoms with Crippen molar-refractivity contribution in [3.63, 3.8) is 0 Å². The van der Waals surface area contributed by atoms with Crippen molar-refractivity contribution in [2.24, 2.45) is 0 Å². The number of phenolic OH excluding ortho intramolecular Hbond substituents is 1. The molecule has 0 spiro atoms. The zero-order chi connectivity index (χ0) is 22.9. The summed E-state index contributed by atoms with van der Waals surface area (Å²) in [4.78, 5) is 38.3. The van der Waals surface area contributed by atoms with Crippen molar-refractivity contribution in [3.8, 4) is 5.75 Å². The lowest BCUT2D eigenvalue weighted by molar-refractivity contribution is -0.132. The molecule has 31 heavy (non-hydrogen) atoms. The highest BCUT2D eigenvalue weighted by molar-refractivity contribution is 5.82. The van der Waals surface area contributed by atoms with Crippen LogP contribution in [0.25, 0.3) is 0 Å². The third-order valence-electron chi connectivity index (χ3n) is 5.51. The number of nitrogens with zero attached hydrogens (tertiary/aromatic N) is 1. The average Bonchev–Trinajstić information content (AvgIpc) is 2.75. The summed E-state index contributed by atoms with van der Waals surface area (Å²) in [7, 11) is 0. The fourth-order valence-corrected chi connectivity index (χ4v) is 3.60. The molecule has 0 heterocycles. The summed E-state index contributed by atoms with van der Waals surface area (Å²) in [5.41, 5.74) is 0.879. The van der Waals surface area contributed by atoms with E-state index < -0.39 is 0 Å². The van der Waals surface area contributed by atoms with Gasteiger partial charge < -0.3 is 10.0 Å². The van der Waals surface area contributed by atoms with Crippen LogP contribution in [0.5, 0.6) is 5.75 Å². The molecule has 0 aliphatic heterocycles. The molecule has 0 radical (unpaired) electrons. The molecule has 1 aromatic rings. The van der Waals surface area contributed by atoms with Crippen molar-refractivity contribution >= 4 is 17.5 Å². The van der Waals surface area contributed by atoms with Crippen molar-refractivity contribution in [3.05, 3.63) is 29.8 Å². The molecule has 0 saturated heterocycles. The zero-order valence-electron chi connectivity index (χ0n) is 19.5. The first-order valence-corrected chi connectivity index (χ1v) is 12.0. The minimum absolute atomic E-state index is 0.107. The number of amides is 1. The molecule has 0 atom stereocenters. The molecule has 5 nitrogen and oxygen atoms in total. The minimum atomic E-state index is 0.107. The first-order chi connectivity index (χ1) is 15.0. The van der Waals surface area contributed by atoms with Crippen molar-refractivity contribution in [1.29, 1.82) is 0 Å². The summed E-state index contributed by atoms with van der Waals surface area (Å²) < 4.78 is 0. The van der Waals surface area contributed by atoms with E-state index in [1.165, 1.54) is 0 Å². The first kappa shape index (κ1) is 26.9. The van der Waals surface area contributed by atoms with Crippen LogP contribution in [0.15, 0.2) is 24.3 Å². The van der Waals surface area contributed by atoms with Gasteiger partial charge in [0.15, 0.2) is 0 Å². The molecule has 5 heteroatoms. The van der Waals surface area contributed by atoms with Crippen molar-refractivity contribution in [2.45, 2.75) is 97.3 Å². The third kappa shape index (κ3) is 13.0. The van der Waals surface area contributed by atoms with E-state index in [0.717, 1.165) is 56.9 Å². The molecule has 1 aromatic carbocycles. The number of rotatable bonds is 18. The quantitative estimate of drug-likeness (QED) is 0.306. The van der Waals surface area contributed by atoms with E-state index in [2.05, 4.69) is 6.92 Å². The van der Waals surface area contributed by atoms with Gasteiger partial charge in [-0.2, -0.15) is 0 Å². The van der Waals surface area contributed by atoms with Crippen LogP contribution in [0.3, 0.4) is 0 Å². The molecule has 0 aliphatic carbocycles. The average molecular weight is 432 g/mol. The highest BCUT2D eigenvalue weighted by Gasteiger charge is 2.14. The second-order valence-corrected chi connectivity index (χ2v) is 8.42. The summed E-state index contributed by atoms with van der Waals surface area (Å²) in [5.74, 6) is 0.809. The van der Waals surface area contributed by atoms with E-state index in [-0.39, 0.29) is 17.4 Å². The Morgan fingerprint density at radius 3 is 2.06 bits per heavy atom. The largest absolute Gasteiger partial charge is 0.508 e. The number of aromatic hydroxyl groups is 1. The molecule has 1 amide bonds. The molecule has 0 bridgehead atoms. The number of carbonyl (C=O) groups excluding carboxylic acids is 3. The summed E-state index contributed by atoms with van der Waals surface area (Å²) in [6, 6.07) is 6.69. The maximum atomic E-state index is 12.6. The van der Waals surface area contributed by atoms with Crippen LogP contribution in [-0.2, 0) is 20.8 Å². The Balaban J connectivity index is 2.35. The molecule has 1 rings (SSSR count). The lowest BCUT2D eigenvalue weighted by Gasteiger charge is -2.22. The number of Topliss-reactive ketones (excluding diaryl/α,β-unsaturated/α-hetero) is 2. The lowest BCUT2D eigenvalue weighted by Crippen LogP contribution is -2.34. The molecular formula is C26H41NO4. The number of phenols is 1. The van der Waals surface area contributed by atoms with Gasteiger partial charge in [0.2, 0.25) is 5.91 Å². The van der Waals surface area contributed by atoms with Crippen LogP contribution in [0.2, 0.25) is 0 Å². The van der Waals surface area contributed by atoms with Crippen LogP contribution >= 0.6 is 0 Å². The lowest BCUT2D eigenvalue weighted by atomic mass is 10.1. The normalized spacial score (nSPS) is 10.8. The topological polar surface area (TPSA) is 74.7 Å². The highest BCUT2D eigenvalue weighted by atomic mass is 16.3. The first-order valence-electron chi connectivity index (χ1n) is 12.0. The molecule has 0 saturated carbocycles. The van der Waals surface area contributed by atoms with E-state index in [9.17, 15) is 19.5 Å². The predicted molar refractivity (Wildman–Crippen MR) is 125 cm³/mol. The van der Waals surface area contributed by atoms with E-state index in [4.69, 9.17) is 0 Å². The Morgan fingerprint density at radius 2 is 1.39 bits per heavy atom. The molecule has 0 aliphatic rings. The molecular weight excluding hydrogens is 390 g/mol. The maximum Gasteiger partial charge on any atom is 0.222 e. The molecule has 0 unspecified atom stereocenters. The van der Waals surface area contributed by atoms with Gasteiger partial charge in [0.05, 0.1) is 0 Å². The second-order valence-electron chi connectivity index (χ2n) is 8.42. The van der Waals surface area contributed by atoms with Crippen LogP contribution in [0, 0.1) is 0 Å². The molecule has 174 valence electrons. The molecule has 0 fully saturated rings. The predicted octanol–water partition coefficient (Wildman–Crippen LogP) is 5.62. The van der Waals surface area contributed by atoms with E-state index in [1.807, 2.05) is 11.8 Å². The van der Waals surface area contributed by atoms with Gasteiger partial charge in [-0.15, -0.1) is 0 Å². The Morgan fingerprint density at radius 1 is 0.710 bits per heavy atom. The summed E-state index contributed by atoms with van der Waals surface area (Å²) in [5, 5.41) is 9.35. The van der Waals surface area contributed by atoms with Crippen molar-refractivity contribution in [2.75, 3.05) is 13.1 Å². The van der Waals surface area contributed by atoms with Crippen molar-refractivity contribution < 1.29 is 19.5 Å².